The summed E-state index contributed by atoms with van der Waals surface area (Å²) in [6.07, 6.45) is 0.395. The maximum atomic E-state index is 13.0. The Balaban J connectivity index is 3.47. The smallest absolute Gasteiger partial charge is 0.202 e. The van der Waals surface area contributed by atoms with Gasteiger partial charge in [-0.05, 0) is 22.0 Å². The summed E-state index contributed by atoms with van der Waals surface area (Å²) in [4.78, 5) is 10.4. The minimum absolute atomic E-state index is 0.0340. The molecule has 2 nitrogen and oxygen atoms in total. The van der Waals surface area contributed by atoms with Gasteiger partial charge in [-0.3, -0.25) is 4.79 Å². The molecule has 0 aliphatic heterocycles. The van der Waals surface area contributed by atoms with Crippen LogP contribution >= 0.6 is 15.9 Å². The van der Waals surface area contributed by atoms with Gasteiger partial charge >= 0.3 is 0 Å². The first-order valence-electron chi connectivity index (χ1n) is 3.28. The SMILES string of the molecule is COc1c(C=O)cc(Br)c(F)c1F. The molecule has 0 saturated carbocycles. The van der Waals surface area contributed by atoms with Crippen molar-refractivity contribution >= 4 is 22.2 Å². The fourth-order valence-corrected chi connectivity index (χ4v) is 1.31. The largest absolute Gasteiger partial charge is 0.493 e. The number of carbonyl (C=O) groups is 1. The van der Waals surface area contributed by atoms with E-state index in [1.807, 2.05) is 0 Å². The van der Waals surface area contributed by atoms with Gasteiger partial charge in [0.1, 0.15) is 0 Å². The second-order valence-electron chi connectivity index (χ2n) is 2.23. The highest BCUT2D eigenvalue weighted by molar-refractivity contribution is 9.10. The molecule has 0 aromatic heterocycles. The minimum Gasteiger partial charge on any atom is -0.493 e. The van der Waals surface area contributed by atoms with E-state index in [-0.39, 0.29) is 15.8 Å². The van der Waals surface area contributed by atoms with E-state index in [0.717, 1.165) is 6.07 Å². The zero-order chi connectivity index (χ0) is 10.0. The third-order valence-electron chi connectivity index (χ3n) is 1.48. The van der Waals surface area contributed by atoms with Crippen LogP contribution in [0, 0.1) is 11.6 Å². The van der Waals surface area contributed by atoms with Gasteiger partial charge in [0.15, 0.2) is 17.9 Å². The van der Waals surface area contributed by atoms with Crippen molar-refractivity contribution in [1.29, 1.82) is 0 Å². The van der Waals surface area contributed by atoms with Gasteiger partial charge in [0, 0.05) is 0 Å². The third-order valence-corrected chi connectivity index (χ3v) is 2.05. The second-order valence-corrected chi connectivity index (χ2v) is 3.08. The summed E-state index contributed by atoms with van der Waals surface area (Å²) < 4.78 is 30.3. The van der Waals surface area contributed by atoms with Gasteiger partial charge in [0.05, 0.1) is 17.1 Å². The number of halogens is 3. The summed E-state index contributed by atoms with van der Waals surface area (Å²) in [6, 6.07) is 1.16. The highest BCUT2D eigenvalue weighted by Crippen LogP contribution is 2.29. The number of methoxy groups -OCH3 is 1. The molecule has 1 rings (SSSR count). The van der Waals surface area contributed by atoms with Gasteiger partial charge in [-0.2, -0.15) is 4.39 Å². The van der Waals surface area contributed by atoms with E-state index >= 15 is 0 Å². The van der Waals surface area contributed by atoms with Crippen molar-refractivity contribution in [3.63, 3.8) is 0 Å². The number of aldehydes is 1. The van der Waals surface area contributed by atoms with Gasteiger partial charge in [-0.1, -0.05) is 0 Å². The molecule has 0 bridgehead atoms. The molecule has 13 heavy (non-hydrogen) atoms. The van der Waals surface area contributed by atoms with E-state index in [0.29, 0.717) is 6.29 Å². The maximum absolute atomic E-state index is 13.0. The predicted molar refractivity (Wildman–Crippen MR) is 46.0 cm³/mol. The van der Waals surface area contributed by atoms with Crippen molar-refractivity contribution in [3.8, 4) is 5.75 Å². The van der Waals surface area contributed by atoms with E-state index in [9.17, 15) is 13.6 Å². The van der Waals surface area contributed by atoms with Crippen LogP contribution in [0.25, 0.3) is 0 Å². The van der Waals surface area contributed by atoms with Crippen molar-refractivity contribution in [2.24, 2.45) is 0 Å². The summed E-state index contributed by atoms with van der Waals surface area (Å²) in [7, 11) is 1.17. The molecule has 0 heterocycles. The van der Waals surface area contributed by atoms with Crippen LogP contribution in [0.5, 0.6) is 5.75 Å². The molecule has 0 N–H and O–H groups in total. The fourth-order valence-electron chi connectivity index (χ4n) is 0.892. The van der Waals surface area contributed by atoms with Gasteiger partial charge in [0.25, 0.3) is 0 Å². The normalized spacial score (nSPS) is 9.85. The van der Waals surface area contributed by atoms with Crippen LogP contribution in [0.1, 0.15) is 10.4 Å². The Morgan fingerprint density at radius 3 is 2.54 bits per heavy atom. The molecule has 0 radical (unpaired) electrons. The standard InChI is InChI=1S/C8H5BrF2O2/c1-13-8-4(3-12)2-5(9)6(10)7(8)11/h2-3H,1H3. The Hall–Kier alpha value is -0.970. The van der Waals surface area contributed by atoms with Crippen molar-refractivity contribution in [2.45, 2.75) is 0 Å². The first-order chi connectivity index (χ1) is 6.11. The van der Waals surface area contributed by atoms with E-state index in [2.05, 4.69) is 20.7 Å². The molecule has 0 amide bonds. The topological polar surface area (TPSA) is 26.3 Å². The fraction of sp³-hybridized carbons (Fsp3) is 0.125. The van der Waals surface area contributed by atoms with Crippen LogP contribution < -0.4 is 4.74 Å². The highest BCUT2D eigenvalue weighted by Gasteiger charge is 2.17. The Labute approximate surface area is 81.6 Å². The van der Waals surface area contributed by atoms with Crippen molar-refractivity contribution in [3.05, 3.63) is 27.7 Å². The van der Waals surface area contributed by atoms with Crippen LogP contribution in [0.3, 0.4) is 0 Å². The van der Waals surface area contributed by atoms with E-state index in [1.54, 1.807) is 0 Å². The predicted octanol–water partition coefficient (Wildman–Crippen LogP) is 2.55. The first-order valence-corrected chi connectivity index (χ1v) is 4.07. The van der Waals surface area contributed by atoms with Gasteiger partial charge < -0.3 is 4.74 Å². The third kappa shape index (κ3) is 1.70. The number of hydrogen-bond donors (Lipinski definition) is 0. The van der Waals surface area contributed by atoms with Crippen LogP contribution in [0.4, 0.5) is 8.78 Å². The van der Waals surface area contributed by atoms with E-state index in [4.69, 9.17) is 0 Å². The average Bonchev–Trinajstić information content (AvgIpc) is 2.13. The lowest BCUT2D eigenvalue weighted by Gasteiger charge is -2.06. The molecule has 1 aromatic carbocycles. The van der Waals surface area contributed by atoms with Crippen molar-refractivity contribution in [2.75, 3.05) is 7.11 Å². The zero-order valence-corrected chi connectivity index (χ0v) is 8.19. The quantitative estimate of drug-likeness (QED) is 0.596. The Kier molecular flexibility index (Phi) is 2.98. The average molecular weight is 251 g/mol. The second kappa shape index (κ2) is 3.83. The lowest BCUT2D eigenvalue weighted by molar-refractivity contribution is 0.111. The lowest BCUT2D eigenvalue weighted by atomic mass is 10.2. The van der Waals surface area contributed by atoms with Gasteiger partial charge in [0.2, 0.25) is 5.82 Å². The van der Waals surface area contributed by atoms with Gasteiger partial charge in [-0.25, -0.2) is 4.39 Å². The number of benzene rings is 1. The summed E-state index contributed by atoms with van der Waals surface area (Å²) in [6.45, 7) is 0. The molecule has 0 spiro atoms. The molecule has 5 heteroatoms. The number of rotatable bonds is 2. The highest BCUT2D eigenvalue weighted by atomic mass is 79.9. The van der Waals surface area contributed by atoms with Crippen molar-refractivity contribution in [1.82, 2.24) is 0 Å². The monoisotopic (exact) mass is 250 g/mol. The number of ether oxygens (including phenoxy) is 1. The maximum Gasteiger partial charge on any atom is 0.202 e. The summed E-state index contributed by atoms with van der Waals surface area (Å²) in [5.41, 5.74) is -0.0340. The molecule has 0 atom stereocenters. The molecule has 0 unspecified atom stereocenters. The Morgan fingerprint density at radius 2 is 2.08 bits per heavy atom. The molecule has 70 valence electrons. The van der Waals surface area contributed by atoms with Crippen LogP contribution in [0.15, 0.2) is 10.5 Å². The van der Waals surface area contributed by atoms with Gasteiger partial charge in [-0.15, -0.1) is 0 Å². The molecule has 0 aliphatic carbocycles. The number of carbonyl (C=O) groups excluding carboxylic acids is 1. The summed E-state index contributed by atoms with van der Waals surface area (Å²) >= 11 is 2.77. The Bertz CT molecular complexity index is 352. The van der Waals surface area contributed by atoms with E-state index in [1.165, 1.54) is 7.11 Å². The van der Waals surface area contributed by atoms with E-state index < -0.39 is 11.6 Å². The molecule has 0 aliphatic rings. The molecule has 1 aromatic rings. The van der Waals surface area contributed by atoms with Crippen molar-refractivity contribution < 1.29 is 18.3 Å². The summed E-state index contributed by atoms with van der Waals surface area (Å²) in [5.74, 6) is -2.61. The number of hydrogen-bond acceptors (Lipinski definition) is 2. The molecule has 0 fully saturated rings. The van der Waals surface area contributed by atoms with Crippen LogP contribution in [-0.2, 0) is 0 Å². The molecule has 0 saturated heterocycles. The minimum atomic E-state index is -1.17. The molecular weight excluding hydrogens is 246 g/mol. The molecular formula is C8H5BrF2O2. The summed E-state index contributed by atoms with van der Waals surface area (Å²) in [5, 5.41) is 0. The zero-order valence-electron chi connectivity index (χ0n) is 6.61. The lowest BCUT2D eigenvalue weighted by Crippen LogP contribution is -1.98. The van der Waals surface area contributed by atoms with Crippen LogP contribution in [-0.4, -0.2) is 13.4 Å². The Morgan fingerprint density at radius 1 is 1.46 bits per heavy atom. The van der Waals surface area contributed by atoms with Crippen LogP contribution in [0.2, 0.25) is 0 Å². The first kappa shape index (κ1) is 10.1.